The molecule has 0 fully saturated rings. The Morgan fingerprint density at radius 2 is 1.48 bits per heavy atom. The first-order chi connectivity index (χ1) is 15.0. The summed E-state index contributed by atoms with van der Waals surface area (Å²) >= 11 is 0. The van der Waals surface area contributed by atoms with Crippen molar-refractivity contribution in [3.05, 3.63) is 89.5 Å². The van der Waals surface area contributed by atoms with Gasteiger partial charge in [0, 0.05) is 16.8 Å². The van der Waals surface area contributed by atoms with E-state index in [1.165, 1.54) is 7.11 Å². The number of carbonyl (C=O) groups is 3. The molecule has 3 rings (SSSR count). The lowest BCUT2D eigenvalue weighted by Crippen LogP contribution is -2.16. The van der Waals surface area contributed by atoms with Gasteiger partial charge in [0.2, 0.25) is 5.91 Å². The molecule has 0 aliphatic carbocycles. The van der Waals surface area contributed by atoms with Crippen molar-refractivity contribution >= 4 is 29.2 Å². The number of rotatable bonds is 7. The van der Waals surface area contributed by atoms with Gasteiger partial charge in [0.1, 0.15) is 5.75 Å². The summed E-state index contributed by atoms with van der Waals surface area (Å²) in [5, 5.41) is 5.51. The Bertz CT molecular complexity index is 1090. The monoisotopic (exact) mass is 418 g/mol. The van der Waals surface area contributed by atoms with Gasteiger partial charge in [-0.05, 0) is 42.5 Å². The highest BCUT2D eigenvalue weighted by molar-refractivity contribution is 6.08. The van der Waals surface area contributed by atoms with E-state index >= 15 is 0 Å². The van der Waals surface area contributed by atoms with Crippen molar-refractivity contribution in [3.8, 4) is 5.75 Å². The zero-order valence-electron chi connectivity index (χ0n) is 17.2. The van der Waals surface area contributed by atoms with Gasteiger partial charge in [0.25, 0.3) is 5.91 Å². The van der Waals surface area contributed by atoms with Crippen LogP contribution in [0, 0.1) is 0 Å². The van der Waals surface area contributed by atoms with Gasteiger partial charge >= 0.3 is 5.97 Å². The minimum absolute atomic E-state index is 0.163. The predicted molar refractivity (Wildman–Crippen MR) is 118 cm³/mol. The molecule has 3 aromatic rings. The zero-order chi connectivity index (χ0) is 22.2. The maximum Gasteiger partial charge on any atom is 0.339 e. The van der Waals surface area contributed by atoms with Gasteiger partial charge in [0.15, 0.2) is 0 Å². The van der Waals surface area contributed by atoms with Crippen LogP contribution in [0.1, 0.15) is 26.3 Å². The lowest BCUT2D eigenvalue weighted by atomic mass is 10.1. The van der Waals surface area contributed by atoms with Crippen LogP contribution in [-0.4, -0.2) is 32.0 Å². The molecular weight excluding hydrogens is 396 g/mol. The van der Waals surface area contributed by atoms with Crippen LogP contribution in [0.4, 0.5) is 11.4 Å². The summed E-state index contributed by atoms with van der Waals surface area (Å²) < 4.78 is 10.00. The molecule has 0 aromatic heterocycles. The van der Waals surface area contributed by atoms with Crippen LogP contribution in [0.2, 0.25) is 0 Å². The van der Waals surface area contributed by atoms with Crippen molar-refractivity contribution in [2.24, 2.45) is 0 Å². The average Bonchev–Trinajstić information content (AvgIpc) is 2.79. The summed E-state index contributed by atoms with van der Waals surface area (Å²) in [7, 11) is 2.84. The van der Waals surface area contributed by atoms with E-state index in [0.717, 1.165) is 5.56 Å². The Morgan fingerprint density at radius 1 is 0.806 bits per heavy atom. The molecule has 158 valence electrons. The predicted octanol–water partition coefficient (Wildman–Crippen LogP) is 3.92. The van der Waals surface area contributed by atoms with Crippen LogP contribution in [0.15, 0.2) is 72.8 Å². The minimum Gasteiger partial charge on any atom is -0.496 e. The molecule has 0 bridgehead atoms. The number of hydrogen-bond donors (Lipinski definition) is 2. The lowest BCUT2D eigenvalue weighted by molar-refractivity contribution is -0.115. The second kappa shape index (κ2) is 10.1. The summed E-state index contributed by atoms with van der Waals surface area (Å²) in [5.74, 6) is -0.474. The van der Waals surface area contributed by atoms with Crippen molar-refractivity contribution < 1.29 is 23.9 Å². The lowest BCUT2D eigenvalue weighted by Gasteiger charge is -2.11. The maximum atomic E-state index is 12.6. The molecule has 0 unspecified atom stereocenters. The Kier molecular flexibility index (Phi) is 7.01. The van der Waals surface area contributed by atoms with Crippen LogP contribution < -0.4 is 15.4 Å². The number of carbonyl (C=O) groups excluding carboxylic acids is 3. The quantitative estimate of drug-likeness (QED) is 0.568. The van der Waals surface area contributed by atoms with Crippen molar-refractivity contribution in [1.29, 1.82) is 0 Å². The summed E-state index contributed by atoms with van der Waals surface area (Å²) in [5.41, 5.74) is 2.34. The molecule has 0 atom stereocenters. The Balaban J connectivity index is 1.64. The highest BCUT2D eigenvalue weighted by atomic mass is 16.5. The van der Waals surface area contributed by atoms with E-state index in [0.29, 0.717) is 22.7 Å². The Morgan fingerprint density at radius 3 is 2.19 bits per heavy atom. The summed E-state index contributed by atoms with van der Waals surface area (Å²) in [4.78, 5) is 36.8. The highest BCUT2D eigenvalue weighted by Crippen LogP contribution is 2.20. The fourth-order valence-electron chi connectivity index (χ4n) is 3.01. The highest BCUT2D eigenvalue weighted by Gasteiger charge is 2.14. The number of amides is 2. The topological polar surface area (TPSA) is 93.7 Å². The second-order valence-electron chi connectivity index (χ2n) is 6.61. The molecule has 0 saturated carbocycles. The molecule has 0 aliphatic heterocycles. The van der Waals surface area contributed by atoms with Crippen LogP contribution in [-0.2, 0) is 16.0 Å². The van der Waals surface area contributed by atoms with Crippen molar-refractivity contribution in [2.45, 2.75) is 6.42 Å². The second-order valence-corrected chi connectivity index (χ2v) is 6.61. The molecule has 0 heterocycles. The number of hydrogen-bond acceptors (Lipinski definition) is 5. The van der Waals surface area contributed by atoms with Crippen LogP contribution in [0.25, 0.3) is 0 Å². The van der Waals surface area contributed by atoms with Crippen molar-refractivity contribution in [1.82, 2.24) is 0 Å². The van der Waals surface area contributed by atoms with E-state index in [-0.39, 0.29) is 23.8 Å². The fraction of sp³-hybridized carbons (Fsp3) is 0.125. The molecule has 2 amide bonds. The maximum absolute atomic E-state index is 12.6. The SMILES string of the molecule is COC(=O)c1ccccc1NC(=O)c1ccc(NC(=O)Cc2ccccc2OC)cc1. The van der Waals surface area contributed by atoms with Crippen LogP contribution >= 0.6 is 0 Å². The number of methoxy groups -OCH3 is 2. The summed E-state index contributed by atoms with van der Waals surface area (Å²) in [6, 6.07) is 20.4. The molecule has 2 N–H and O–H groups in total. The van der Waals surface area contributed by atoms with Gasteiger partial charge in [-0.1, -0.05) is 30.3 Å². The van der Waals surface area contributed by atoms with Gasteiger partial charge in [0.05, 0.1) is 31.9 Å². The van der Waals surface area contributed by atoms with Crippen LogP contribution in [0.5, 0.6) is 5.75 Å². The summed E-state index contributed by atoms with van der Waals surface area (Å²) in [6.45, 7) is 0. The van der Waals surface area contributed by atoms with Gasteiger partial charge < -0.3 is 20.1 Å². The Labute approximate surface area is 180 Å². The third-order valence-electron chi connectivity index (χ3n) is 4.55. The third kappa shape index (κ3) is 5.48. The normalized spacial score (nSPS) is 10.1. The van der Waals surface area contributed by atoms with E-state index in [1.807, 2.05) is 18.2 Å². The smallest absolute Gasteiger partial charge is 0.339 e. The largest absolute Gasteiger partial charge is 0.496 e. The van der Waals surface area contributed by atoms with E-state index in [1.54, 1.807) is 61.7 Å². The molecule has 7 nitrogen and oxygen atoms in total. The minimum atomic E-state index is -0.538. The van der Waals surface area contributed by atoms with Gasteiger partial charge in [-0.3, -0.25) is 9.59 Å². The van der Waals surface area contributed by atoms with E-state index in [4.69, 9.17) is 9.47 Å². The molecular formula is C24H22N2O5. The third-order valence-corrected chi connectivity index (χ3v) is 4.55. The number of para-hydroxylation sites is 2. The summed E-state index contributed by atoms with van der Waals surface area (Å²) in [6.07, 6.45) is 0.163. The number of anilines is 2. The number of ether oxygens (including phenoxy) is 2. The Hall–Kier alpha value is -4.13. The van der Waals surface area contributed by atoms with Gasteiger partial charge in [-0.15, -0.1) is 0 Å². The molecule has 0 aliphatic rings. The number of nitrogens with one attached hydrogen (secondary N) is 2. The van der Waals surface area contributed by atoms with Crippen molar-refractivity contribution in [2.75, 3.05) is 24.9 Å². The van der Waals surface area contributed by atoms with E-state index < -0.39 is 5.97 Å². The standard InChI is InChI=1S/C24H22N2O5/c1-30-21-10-6-3-7-17(21)15-22(27)25-18-13-11-16(12-14-18)23(28)26-20-9-5-4-8-19(20)24(29)31-2/h3-14H,15H2,1-2H3,(H,25,27)(H,26,28). The van der Waals surface area contributed by atoms with Gasteiger partial charge in [-0.25, -0.2) is 4.79 Å². The molecule has 0 spiro atoms. The average molecular weight is 418 g/mol. The van der Waals surface area contributed by atoms with Gasteiger partial charge in [-0.2, -0.15) is 0 Å². The number of esters is 1. The van der Waals surface area contributed by atoms with E-state index in [9.17, 15) is 14.4 Å². The zero-order valence-corrected chi connectivity index (χ0v) is 17.2. The first-order valence-corrected chi connectivity index (χ1v) is 9.52. The van der Waals surface area contributed by atoms with Crippen LogP contribution in [0.3, 0.4) is 0 Å². The fourth-order valence-corrected chi connectivity index (χ4v) is 3.01. The molecule has 7 heteroatoms. The first kappa shape index (κ1) is 21.6. The number of benzene rings is 3. The van der Waals surface area contributed by atoms with E-state index in [2.05, 4.69) is 10.6 Å². The molecule has 0 radical (unpaired) electrons. The van der Waals surface area contributed by atoms with Crippen molar-refractivity contribution in [3.63, 3.8) is 0 Å². The molecule has 31 heavy (non-hydrogen) atoms. The first-order valence-electron chi connectivity index (χ1n) is 9.52. The molecule has 3 aromatic carbocycles. The molecule has 0 saturated heterocycles.